The molecule has 0 bridgehead atoms. The summed E-state index contributed by atoms with van der Waals surface area (Å²) < 4.78 is 0. The van der Waals surface area contributed by atoms with Crippen molar-refractivity contribution in [3.05, 3.63) is 70.8 Å². The number of benzene rings is 5. The molecule has 0 saturated heterocycles. The number of amides is 2. The van der Waals surface area contributed by atoms with Crippen LogP contribution in [0.25, 0.3) is 43.1 Å². The molecule has 1 heterocycles. The number of hydrogen-bond acceptors (Lipinski definition) is 4. The molecule has 5 aromatic rings. The van der Waals surface area contributed by atoms with Gasteiger partial charge in [0, 0.05) is 52.4 Å². The van der Waals surface area contributed by atoms with Crippen molar-refractivity contribution < 1.29 is 19.2 Å². The van der Waals surface area contributed by atoms with Crippen molar-refractivity contribution >= 4 is 66.5 Å². The summed E-state index contributed by atoms with van der Waals surface area (Å²) in [6.45, 7) is 2.60. The van der Waals surface area contributed by atoms with Crippen LogP contribution in [0.15, 0.2) is 48.5 Å². The Hall–Kier alpha value is -4.12. The number of hydrogen-bond donors (Lipinski definition) is 0. The zero-order valence-electron chi connectivity index (χ0n) is 21.4. The van der Waals surface area contributed by atoms with Crippen LogP contribution in [0.3, 0.4) is 0 Å². The van der Waals surface area contributed by atoms with Crippen LogP contribution in [-0.2, 0) is 0 Å². The Morgan fingerprint density at radius 3 is 1.42 bits per heavy atom. The molecule has 188 valence electrons. The highest BCUT2D eigenvalue weighted by Gasteiger charge is 2.34. The van der Waals surface area contributed by atoms with E-state index in [4.69, 9.17) is 0 Å². The third kappa shape index (κ3) is 3.05. The van der Waals surface area contributed by atoms with E-state index in [1.165, 1.54) is 4.90 Å². The van der Waals surface area contributed by atoms with Gasteiger partial charge < -0.3 is 0 Å². The van der Waals surface area contributed by atoms with Gasteiger partial charge in [-0.05, 0) is 50.9 Å². The van der Waals surface area contributed by atoms with Gasteiger partial charge in [-0.2, -0.15) is 0 Å². The highest BCUT2D eigenvalue weighted by atomic mass is 16.2. The lowest BCUT2D eigenvalue weighted by molar-refractivity contribution is 0.0607. The Balaban J connectivity index is 1.48. The number of unbranched alkanes of at least 4 members (excludes halogenated alkanes) is 4. The second-order valence-corrected chi connectivity index (χ2v) is 10.7. The highest BCUT2D eigenvalue weighted by Crippen LogP contribution is 2.45. The number of ketones is 2. The minimum absolute atomic E-state index is 0.0113. The number of Topliss-reactive ketones (excluding diaryl/α,β-unsaturated/α-hetero) is 2. The molecule has 7 rings (SSSR count). The number of imide groups is 1. The summed E-state index contributed by atoms with van der Waals surface area (Å²) in [7, 11) is 0. The maximum Gasteiger partial charge on any atom is 0.261 e. The van der Waals surface area contributed by atoms with Gasteiger partial charge in [0.05, 0.1) is 0 Å². The summed E-state index contributed by atoms with van der Waals surface area (Å²) in [4.78, 5) is 54.4. The van der Waals surface area contributed by atoms with Crippen LogP contribution in [0.2, 0.25) is 0 Å². The zero-order valence-corrected chi connectivity index (χ0v) is 21.4. The SMILES string of the molecule is CCCCCCCN1C(=O)c2ccc3c4ccc5c6c(ccc(c7ccc(c2c37)C1=O)c64)C(=O)CCC5=O. The van der Waals surface area contributed by atoms with Gasteiger partial charge in [0.15, 0.2) is 11.6 Å². The van der Waals surface area contributed by atoms with Crippen molar-refractivity contribution in [1.29, 1.82) is 0 Å². The van der Waals surface area contributed by atoms with Gasteiger partial charge in [-0.15, -0.1) is 0 Å². The maximum absolute atomic E-state index is 13.6. The predicted octanol–water partition coefficient (Wildman–Crippen LogP) is 7.46. The van der Waals surface area contributed by atoms with Crippen molar-refractivity contribution in [3.8, 4) is 0 Å². The van der Waals surface area contributed by atoms with Crippen LogP contribution in [0, 0.1) is 0 Å². The van der Waals surface area contributed by atoms with Crippen LogP contribution in [0.4, 0.5) is 0 Å². The molecule has 0 unspecified atom stereocenters. The lowest BCUT2D eigenvalue weighted by Gasteiger charge is -2.28. The van der Waals surface area contributed by atoms with Crippen LogP contribution in [-0.4, -0.2) is 34.8 Å². The van der Waals surface area contributed by atoms with E-state index in [0.717, 1.165) is 69.8 Å². The Kier molecular flexibility index (Phi) is 5.12. The average molecular weight is 502 g/mol. The van der Waals surface area contributed by atoms with E-state index in [9.17, 15) is 19.2 Å². The van der Waals surface area contributed by atoms with E-state index in [0.29, 0.717) is 34.2 Å². The summed E-state index contributed by atoms with van der Waals surface area (Å²) in [6.07, 6.45) is 5.66. The Morgan fingerprint density at radius 1 is 0.526 bits per heavy atom. The molecular formula is C33H27NO4. The van der Waals surface area contributed by atoms with E-state index in [1.807, 2.05) is 48.5 Å². The maximum atomic E-state index is 13.6. The topological polar surface area (TPSA) is 71.5 Å². The van der Waals surface area contributed by atoms with Crippen molar-refractivity contribution in [3.63, 3.8) is 0 Å². The largest absolute Gasteiger partial charge is 0.294 e. The number of carbonyl (C=O) groups is 4. The van der Waals surface area contributed by atoms with Crippen LogP contribution in [0.1, 0.15) is 93.3 Å². The Morgan fingerprint density at radius 2 is 0.947 bits per heavy atom. The van der Waals surface area contributed by atoms with Gasteiger partial charge in [0.25, 0.3) is 11.8 Å². The summed E-state index contributed by atoms with van der Waals surface area (Å²) in [5.41, 5.74) is 2.32. The van der Waals surface area contributed by atoms with Crippen molar-refractivity contribution in [2.75, 3.05) is 6.54 Å². The van der Waals surface area contributed by atoms with Gasteiger partial charge in [-0.3, -0.25) is 24.1 Å². The van der Waals surface area contributed by atoms with Crippen LogP contribution in [0.5, 0.6) is 0 Å². The molecule has 0 fully saturated rings. The third-order valence-corrected chi connectivity index (χ3v) is 8.52. The van der Waals surface area contributed by atoms with E-state index < -0.39 is 0 Å². The predicted molar refractivity (Wildman–Crippen MR) is 150 cm³/mol. The fraction of sp³-hybridized carbons (Fsp3) is 0.273. The summed E-state index contributed by atoms with van der Waals surface area (Å²) in [5.74, 6) is -0.485. The first kappa shape index (κ1) is 23.0. The summed E-state index contributed by atoms with van der Waals surface area (Å²) in [5, 5.41) is 6.94. The quantitative estimate of drug-likeness (QED) is 0.105. The Bertz CT molecular complexity index is 1740. The molecule has 0 radical (unpaired) electrons. The second-order valence-electron chi connectivity index (χ2n) is 10.7. The third-order valence-electron chi connectivity index (χ3n) is 8.52. The molecule has 5 aromatic carbocycles. The number of fused-ring (bicyclic) bond motifs is 2. The van der Waals surface area contributed by atoms with Crippen LogP contribution >= 0.6 is 0 Å². The smallest absolute Gasteiger partial charge is 0.261 e. The van der Waals surface area contributed by atoms with Crippen molar-refractivity contribution in [2.45, 2.75) is 51.9 Å². The molecular weight excluding hydrogens is 474 g/mol. The summed E-state index contributed by atoms with van der Waals surface area (Å²) in [6, 6.07) is 15.2. The molecule has 5 heteroatoms. The molecule has 1 aliphatic heterocycles. The van der Waals surface area contributed by atoms with Crippen molar-refractivity contribution in [1.82, 2.24) is 4.90 Å². The molecule has 5 nitrogen and oxygen atoms in total. The normalized spacial score (nSPS) is 15.6. The average Bonchev–Trinajstić information content (AvgIpc) is 3.06. The van der Waals surface area contributed by atoms with Gasteiger partial charge in [0.1, 0.15) is 0 Å². The summed E-state index contributed by atoms with van der Waals surface area (Å²) >= 11 is 0. The fourth-order valence-electron chi connectivity index (χ4n) is 6.67. The number of nitrogens with zero attached hydrogens (tertiary/aromatic N) is 1. The van der Waals surface area contributed by atoms with E-state index >= 15 is 0 Å². The molecule has 0 atom stereocenters. The minimum Gasteiger partial charge on any atom is -0.294 e. The molecule has 0 N–H and O–H groups in total. The zero-order chi connectivity index (χ0) is 26.1. The standard InChI is InChI=1S/C33H27NO4/c1-2-3-4-5-6-17-34-32(37)24-13-9-20-18-7-11-22-26(35)15-16-27(36)23-12-8-19(28(18)30(22)23)21-10-14-25(33(34)38)31(24)29(20)21/h7-14H,2-6,15-17H2,1H3. The van der Waals surface area contributed by atoms with Crippen LogP contribution < -0.4 is 0 Å². The first-order valence-corrected chi connectivity index (χ1v) is 13.6. The molecule has 0 aromatic heterocycles. The first-order valence-electron chi connectivity index (χ1n) is 13.6. The van der Waals surface area contributed by atoms with E-state index in [1.54, 1.807) is 0 Å². The van der Waals surface area contributed by atoms with Crippen molar-refractivity contribution in [2.24, 2.45) is 0 Å². The van der Waals surface area contributed by atoms with Gasteiger partial charge in [-0.1, -0.05) is 69.0 Å². The monoisotopic (exact) mass is 501 g/mol. The fourth-order valence-corrected chi connectivity index (χ4v) is 6.67. The lowest BCUT2D eigenvalue weighted by Crippen LogP contribution is -2.40. The second kappa shape index (κ2) is 8.45. The number of rotatable bonds is 6. The number of carbonyl (C=O) groups excluding carboxylic acids is 4. The van der Waals surface area contributed by atoms with Gasteiger partial charge in [-0.25, -0.2) is 0 Å². The molecule has 2 amide bonds. The molecule has 0 spiro atoms. The van der Waals surface area contributed by atoms with E-state index in [-0.39, 0.29) is 36.2 Å². The van der Waals surface area contributed by atoms with Gasteiger partial charge in [0.2, 0.25) is 0 Å². The molecule has 1 aliphatic carbocycles. The molecule has 38 heavy (non-hydrogen) atoms. The van der Waals surface area contributed by atoms with E-state index in [2.05, 4.69) is 6.92 Å². The first-order chi connectivity index (χ1) is 18.5. The van der Waals surface area contributed by atoms with Gasteiger partial charge >= 0.3 is 0 Å². The molecule has 0 saturated carbocycles. The Labute approximate surface area is 219 Å². The minimum atomic E-state index is -0.231. The highest BCUT2D eigenvalue weighted by molar-refractivity contribution is 6.40. The lowest BCUT2D eigenvalue weighted by atomic mass is 9.83. The molecule has 2 aliphatic rings.